The summed E-state index contributed by atoms with van der Waals surface area (Å²) >= 11 is 0. The number of fused-ring (bicyclic) bond motifs is 1. The molecule has 0 unspecified atom stereocenters. The SMILES string of the molecule is C=NC(C)(C)c1cc(C)c(C(C)=O)n1CC.CCn1c(C(C)(C)C(=O)O)cc(C)c1C(C)=O.CCn1c(C(C)=O)c(C)c2c1C(C)(C)C(=O)O2.CCn1cc(C)cc1C(C)(C)C#N. The molecule has 0 amide bonds. The molecule has 0 bridgehead atoms. The van der Waals surface area contributed by atoms with Crippen molar-refractivity contribution >= 4 is 36.0 Å². The largest absolute Gasteiger partial charge is 0.481 e. The minimum absolute atomic E-state index is 0.00518. The van der Waals surface area contributed by atoms with Gasteiger partial charge in [-0.15, -0.1) is 0 Å². The number of carbonyl (C=O) groups is 5. The van der Waals surface area contributed by atoms with Crippen molar-refractivity contribution < 1.29 is 33.8 Å². The number of hydrogen-bond donors (Lipinski definition) is 1. The molecule has 13 nitrogen and oxygen atoms in total. The molecule has 0 radical (unpaired) electrons. The van der Waals surface area contributed by atoms with Crippen molar-refractivity contribution in [3.63, 3.8) is 0 Å². The maximum absolute atomic E-state index is 11.8. The third-order valence-electron chi connectivity index (χ3n) is 11.8. The van der Waals surface area contributed by atoms with Crippen molar-refractivity contribution in [3.8, 4) is 11.8 Å². The van der Waals surface area contributed by atoms with E-state index in [0.717, 1.165) is 52.6 Å². The van der Waals surface area contributed by atoms with Gasteiger partial charge in [0.2, 0.25) is 0 Å². The summed E-state index contributed by atoms with van der Waals surface area (Å²) in [6, 6.07) is 8.25. The summed E-state index contributed by atoms with van der Waals surface area (Å²) in [5.74, 6) is -0.484. The molecule has 0 spiro atoms. The van der Waals surface area contributed by atoms with E-state index in [0.29, 0.717) is 35.9 Å². The Morgan fingerprint density at radius 2 is 1.19 bits per heavy atom. The van der Waals surface area contributed by atoms with Gasteiger partial charge in [-0.1, -0.05) is 0 Å². The number of aryl methyl sites for hydroxylation is 4. The maximum atomic E-state index is 11.8. The van der Waals surface area contributed by atoms with Crippen LogP contribution in [0, 0.1) is 39.0 Å². The van der Waals surface area contributed by atoms with Crippen LogP contribution in [-0.4, -0.2) is 59.4 Å². The Bertz CT molecular complexity index is 2430. The molecule has 1 aliphatic rings. The van der Waals surface area contributed by atoms with Gasteiger partial charge in [-0.3, -0.25) is 29.0 Å². The number of ether oxygens (including phenoxy) is 1. The number of rotatable bonds is 12. The molecule has 344 valence electrons. The van der Waals surface area contributed by atoms with E-state index in [1.807, 2.05) is 98.3 Å². The van der Waals surface area contributed by atoms with E-state index in [-0.39, 0.29) is 34.3 Å². The van der Waals surface area contributed by atoms with Gasteiger partial charge in [0.15, 0.2) is 23.1 Å². The number of aliphatic imine (C=N–C) groups is 1. The van der Waals surface area contributed by atoms with Gasteiger partial charge in [0, 0.05) is 75.8 Å². The van der Waals surface area contributed by atoms with Gasteiger partial charge in [0.05, 0.1) is 39.8 Å². The fourth-order valence-electron chi connectivity index (χ4n) is 8.24. The highest BCUT2D eigenvalue weighted by Gasteiger charge is 2.46. The minimum atomic E-state index is -0.992. The first kappa shape index (κ1) is 53.4. The summed E-state index contributed by atoms with van der Waals surface area (Å²) in [7, 11) is 0. The lowest BCUT2D eigenvalue weighted by Crippen LogP contribution is -2.31. The molecule has 1 aliphatic heterocycles. The van der Waals surface area contributed by atoms with Crippen LogP contribution < -0.4 is 4.74 Å². The number of carboxylic acids is 1. The average molecular weight is 869 g/mol. The molecule has 4 aromatic heterocycles. The molecule has 1 N–H and O–H groups in total. The van der Waals surface area contributed by atoms with E-state index in [1.165, 1.54) is 12.5 Å². The number of carbonyl (C=O) groups excluding carboxylic acids is 4. The summed E-state index contributed by atoms with van der Waals surface area (Å²) in [6.45, 7) is 41.8. The van der Waals surface area contributed by atoms with Gasteiger partial charge >= 0.3 is 11.9 Å². The monoisotopic (exact) mass is 869 g/mol. The number of aliphatic carboxylic acids is 1. The Morgan fingerprint density at radius 3 is 1.57 bits per heavy atom. The van der Waals surface area contributed by atoms with Crippen LogP contribution in [0.15, 0.2) is 29.4 Å². The molecule has 0 aliphatic carbocycles. The van der Waals surface area contributed by atoms with Crippen LogP contribution in [-0.2, 0) is 57.6 Å². The number of Topliss-reactive ketones (excluding diaryl/α,β-unsaturated/α-hetero) is 3. The lowest BCUT2D eigenvalue weighted by atomic mass is 9.89. The lowest BCUT2D eigenvalue weighted by Gasteiger charge is -2.22. The van der Waals surface area contributed by atoms with Crippen LogP contribution >= 0.6 is 0 Å². The second-order valence-electron chi connectivity index (χ2n) is 18.3. The first-order chi connectivity index (χ1) is 28.9. The predicted octanol–water partition coefficient (Wildman–Crippen LogP) is 10.2. The molecule has 4 aromatic rings. The van der Waals surface area contributed by atoms with Gasteiger partial charge in [-0.05, 0) is 152 Å². The fraction of sp³-hybridized carbons (Fsp3) is 0.540. The van der Waals surface area contributed by atoms with Crippen LogP contribution in [0.1, 0.15) is 180 Å². The topological polar surface area (TPSA) is 171 Å². The highest BCUT2D eigenvalue weighted by atomic mass is 16.5. The number of hydrogen-bond acceptors (Lipinski definition) is 8. The number of aromatic nitrogens is 4. The standard InChI is InChI=1S/C13H20N2O.C13H17NO3.C13H19NO3.C11H16N2/c1-7-15-11(13(4,5)14-6)8-9(2)12(15)10(3)16;1-6-14-9(8(3)15)7(2)10-11(14)13(4,5)12(16)17-10;1-6-14-10(13(4,5)12(16)17)7-8(2)11(14)9(3)15;1-5-13-7-9(2)6-10(13)11(3,4)8-12/h8H,6-7H2,1-5H3;6H2,1-5H3;7H,6H2,1-5H3,(H,16,17);6-7H,5H2,1-4H3. The van der Waals surface area contributed by atoms with Crippen molar-refractivity contribution in [2.75, 3.05) is 0 Å². The Balaban J connectivity index is 0.000000290. The molecule has 0 fully saturated rings. The molecular weight excluding hydrogens is 797 g/mol. The number of carboxylic acid groups (broad SMARTS) is 1. The first-order valence-corrected chi connectivity index (χ1v) is 21.6. The smallest absolute Gasteiger partial charge is 0.323 e. The quantitative estimate of drug-likeness (QED) is 0.0833. The molecule has 13 heteroatoms. The zero-order valence-corrected chi connectivity index (χ0v) is 41.4. The Hall–Kier alpha value is -5.77. The van der Waals surface area contributed by atoms with Crippen LogP contribution in [0.25, 0.3) is 0 Å². The van der Waals surface area contributed by atoms with Crippen molar-refractivity contribution in [1.29, 1.82) is 5.26 Å². The predicted molar refractivity (Wildman–Crippen MR) is 250 cm³/mol. The number of ketones is 3. The zero-order valence-electron chi connectivity index (χ0n) is 41.4. The van der Waals surface area contributed by atoms with E-state index in [2.05, 4.69) is 48.5 Å². The Morgan fingerprint density at radius 1 is 0.746 bits per heavy atom. The minimum Gasteiger partial charge on any atom is -0.481 e. The van der Waals surface area contributed by atoms with Crippen LogP contribution in [0.4, 0.5) is 0 Å². The number of nitrogens with zero attached hydrogens (tertiary/aromatic N) is 6. The van der Waals surface area contributed by atoms with Gasteiger partial charge in [-0.25, -0.2) is 0 Å². The zero-order chi connectivity index (χ0) is 48.9. The summed E-state index contributed by atoms with van der Waals surface area (Å²) in [5, 5.41) is 18.3. The van der Waals surface area contributed by atoms with Gasteiger partial charge < -0.3 is 28.1 Å². The number of esters is 1. The highest BCUT2D eigenvalue weighted by molar-refractivity contribution is 5.99. The van der Waals surface area contributed by atoms with Crippen LogP contribution in [0.5, 0.6) is 5.75 Å². The molecular formula is C50H72N6O7. The second-order valence-corrected chi connectivity index (χ2v) is 18.3. The maximum Gasteiger partial charge on any atom is 0.323 e. The average Bonchev–Trinajstić information content (AvgIpc) is 3.98. The molecule has 0 aromatic carbocycles. The summed E-state index contributed by atoms with van der Waals surface area (Å²) in [4.78, 5) is 62.1. The van der Waals surface area contributed by atoms with Crippen molar-refractivity contribution in [1.82, 2.24) is 18.3 Å². The highest BCUT2D eigenvalue weighted by Crippen LogP contribution is 2.44. The molecule has 5 rings (SSSR count). The number of nitriles is 1. The molecule has 0 saturated carbocycles. The second kappa shape index (κ2) is 20.2. The van der Waals surface area contributed by atoms with Crippen molar-refractivity contribution in [2.45, 2.75) is 180 Å². The van der Waals surface area contributed by atoms with E-state index in [9.17, 15) is 29.1 Å². The Labute approximate surface area is 375 Å². The molecule has 63 heavy (non-hydrogen) atoms. The van der Waals surface area contributed by atoms with E-state index >= 15 is 0 Å². The lowest BCUT2D eigenvalue weighted by molar-refractivity contribution is -0.142. The first-order valence-electron chi connectivity index (χ1n) is 21.6. The summed E-state index contributed by atoms with van der Waals surface area (Å²) < 4.78 is 13.2. The Kier molecular flexibility index (Phi) is 17.1. The van der Waals surface area contributed by atoms with Crippen molar-refractivity contribution in [2.24, 2.45) is 4.99 Å². The van der Waals surface area contributed by atoms with Crippen molar-refractivity contribution in [3.05, 3.63) is 86.5 Å². The molecule has 0 atom stereocenters. The van der Waals surface area contributed by atoms with Gasteiger partial charge in [0.25, 0.3) is 0 Å². The molecule has 5 heterocycles. The normalized spacial score (nSPS) is 13.0. The van der Waals surface area contributed by atoms with Crippen LogP contribution in [0.3, 0.4) is 0 Å². The van der Waals surface area contributed by atoms with E-state index in [1.54, 1.807) is 38.3 Å². The van der Waals surface area contributed by atoms with E-state index in [4.69, 9.17) is 10.00 Å². The van der Waals surface area contributed by atoms with Gasteiger partial charge in [-0.2, -0.15) is 5.26 Å². The third-order valence-corrected chi connectivity index (χ3v) is 11.8. The third kappa shape index (κ3) is 10.7. The molecule has 0 saturated heterocycles. The summed E-state index contributed by atoms with van der Waals surface area (Å²) in [6.07, 6.45) is 2.09. The fourth-order valence-corrected chi connectivity index (χ4v) is 8.24. The van der Waals surface area contributed by atoms with Gasteiger partial charge in [0.1, 0.15) is 10.8 Å². The van der Waals surface area contributed by atoms with E-state index < -0.39 is 16.8 Å². The summed E-state index contributed by atoms with van der Waals surface area (Å²) in [5.41, 5.74) is 7.14. The van der Waals surface area contributed by atoms with Crippen LogP contribution in [0.2, 0.25) is 0 Å².